The van der Waals surface area contributed by atoms with Crippen LogP contribution in [0.2, 0.25) is 0 Å². The maximum Gasteiger partial charge on any atom is 0.329 e. The number of amides is 4. The quantitative estimate of drug-likeness (QED) is 0.486. The third kappa shape index (κ3) is 8.40. The molecule has 1 aliphatic rings. The number of hydrogen-bond donors (Lipinski definition) is 3. The molecule has 0 aromatic heterocycles. The van der Waals surface area contributed by atoms with E-state index >= 15 is 0 Å². The van der Waals surface area contributed by atoms with Crippen molar-refractivity contribution in [1.29, 1.82) is 0 Å². The Morgan fingerprint density at radius 2 is 1.64 bits per heavy atom. The topological polar surface area (TPSA) is 123 Å². The average Bonchev–Trinajstić information content (AvgIpc) is 2.78. The number of esters is 1. The molecule has 1 aromatic carbocycles. The summed E-state index contributed by atoms with van der Waals surface area (Å²) in [6.07, 6.45) is 3.82. The molecule has 0 radical (unpaired) electrons. The number of nitrogens with one attached hydrogen (secondary N) is 3. The highest BCUT2D eigenvalue weighted by Crippen LogP contribution is 2.17. The summed E-state index contributed by atoms with van der Waals surface area (Å²) in [7, 11) is 0. The molecule has 0 heterocycles. The summed E-state index contributed by atoms with van der Waals surface area (Å²) in [6, 6.07) is 5.04. The van der Waals surface area contributed by atoms with E-state index in [-0.39, 0.29) is 12.0 Å². The minimum Gasteiger partial charge on any atom is -0.494 e. The van der Waals surface area contributed by atoms with Gasteiger partial charge in [-0.1, -0.05) is 33.1 Å². The number of hydrogen-bond acceptors (Lipinski definition) is 6. The lowest BCUT2D eigenvalue weighted by molar-refractivity contribution is -0.157. The van der Waals surface area contributed by atoms with Gasteiger partial charge in [-0.15, -0.1) is 0 Å². The molecule has 9 heteroatoms. The van der Waals surface area contributed by atoms with E-state index in [2.05, 4.69) is 16.0 Å². The molecular formula is C24H35N3O6. The van der Waals surface area contributed by atoms with E-state index in [9.17, 15) is 19.2 Å². The highest BCUT2D eigenvalue weighted by atomic mass is 16.5. The van der Waals surface area contributed by atoms with Crippen molar-refractivity contribution < 1.29 is 28.7 Å². The summed E-state index contributed by atoms with van der Waals surface area (Å²) >= 11 is 0. The fourth-order valence-corrected chi connectivity index (χ4v) is 3.57. The molecule has 0 aliphatic heterocycles. The molecule has 1 fully saturated rings. The van der Waals surface area contributed by atoms with Gasteiger partial charge in [0.25, 0.3) is 11.8 Å². The van der Waals surface area contributed by atoms with Crippen molar-refractivity contribution in [2.75, 3.05) is 6.61 Å². The molecule has 33 heavy (non-hydrogen) atoms. The first-order valence-electron chi connectivity index (χ1n) is 11.6. The number of carbonyl (C=O) groups is 4. The second-order valence-electron chi connectivity index (χ2n) is 8.53. The number of ether oxygens (including phenoxy) is 2. The van der Waals surface area contributed by atoms with Gasteiger partial charge in [0.15, 0.2) is 6.10 Å². The number of imide groups is 1. The minimum absolute atomic E-state index is 0.0486. The smallest absolute Gasteiger partial charge is 0.329 e. The molecule has 0 bridgehead atoms. The van der Waals surface area contributed by atoms with Crippen LogP contribution in [0.1, 0.15) is 70.2 Å². The number of benzene rings is 1. The fourth-order valence-electron chi connectivity index (χ4n) is 3.57. The molecule has 1 unspecified atom stereocenters. The lowest BCUT2D eigenvalue weighted by atomic mass is 9.96. The van der Waals surface area contributed by atoms with Crippen molar-refractivity contribution in [2.45, 2.75) is 78.0 Å². The van der Waals surface area contributed by atoms with Crippen LogP contribution in [0.4, 0.5) is 4.79 Å². The van der Waals surface area contributed by atoms with Gasteiger partial charge in [-0.2, -0.15) is 0 Å². The Balaban J connectivity index is 1.88. The van der Waals surface area contributed by atoms with E-state index in [4.69, 9.17) is 9.47 Å². The monoisotopic (exact) mass is 461 g/mol. The summed E-state index contributed by atoms with van der Waals surface area (Å²) < 4.78 is 10.6. The predicted octanol–water partition coefficient (Wildman–Crippen LogP) is 2.93. The summed E-state index contributed by atoms with van der Waals surface area (Å²) in [5.74, 6) is -1.57. The van der Waals surface area contributed by atoms with Gasteiger partial charge in [0.1, 0.15) is 11.8 Å². The van der Waals surface area contributed by atoms with Gasteiger partial charge >= 0.3 is 12.0 Å². The lowest BCUT2D eigenvalue weighted by Gasteiger charge is -2.24. The van der Waals surface area contributed by atoms with Crippen LogP contribution < -0.4 is 20.7 Å². The van der Waals surface area contributed by atoms with E-state index < -0.39 is 36.0 Å². The normalized spacial score (nSPS) is 15.8. The van der Waals surface area contributed by atoms with Crippen LogP contribution in [0.5, 0.6) is 5.75 Å². The largest absolute Gasteiger partial charge is 0.494 e. The van der Waals surface area contributed by atoms with Crippen molar-refractivity contribution in [3.05, 3.63) is 29.8 Å². The Hall–Kier alpha value is -3.10. The molecule has 1 saturated carbocycles. The fraction of sp³-hybridized carbons (Fsp3) is 0.583. The molecule has 3 N–H and O–H groups in total. The van der Waals surface area contributed by atoms with Crippen molar-refractivity contribution in [1.82, 2.24) is 16.0 Å². The zero-order valence-electron chi connectivity index (χ0n) is 19.8. The maximum atomic E-state index is 12.7. The third-order valence-corrected chi connectivity index (χ3v) is 5.47. The molecule has 1 aliphatic carbocycles. The van der Waals surface area contributed by atoms with E-state index in [0.29, 0.717) is 17.9 Å². The van der Waals surface area contributed by atoms with E-state index in [0.717, 1.165) is 32.1 Å². The van der Waals surface area contributed by atoms with E-state index in [1.54, 1.807) is 38.1 Å². The molecule has 9 nitrogen and oxygen atoms in total. The van der Waals surface area contributed by atoms with Gasteiger partial charge in [0.2, 0.25) is 0 Å². The maximum absolute atomic E-state index is 12.7. The van der Waals surface area contributed by atoms with Gasteiger partial charge in [-0.25, -0.2) is 9.59 Å². The first-order chi connectivity index (χ1) is 15.7. The first kappa shape index (κ1) is 26.2. The Morgan fingerprint density at radius 1 is 1.00 bits per heavy atom. The summed E-state index contributed by atoms with van der Waals surface area (Å²) in [5.41, 5.74) is 0.363. The van der Waals surface area contributed by atoms with Crippen molar-refractivity contribution >= 4 is 23.8 Å². The molecule has 2 atom stereocenters. The van der Waals surface area contributed by atoms with Crippen LogP contribution >= 0.6 is 0 Å². The Bertz CT molecular complexity index is 818. The summed E-state index contributed by atoms with van der Waals surface area (Å²) in [4.78, 5) is 49.6. The molecule has 0 spiro atoms. The second kappa shape index (κ2) is 12.8. The van der Waals surface area contributed by atoms with Gasteiger partial charge in [-0.3, -0.25) is 14.9 Å². The summed E-state index contributed by atoms with van der Waals surface area (Å²) in [5, 5.41) is 7.65. The number of carbonyl (C=O) groups excluding carboxylic acids is 4. The van der Waals surface area contributed by atoms with E-state index in [1.807, 2.05) is 6.92 Å². The second-order valence-corrected chi connectivity index (χ2v) is 8.53. The molecular weight excluding hydrogens is 426 g/mol. The van der Waals surface area contributed by atoms with E-state index in [1.165, 1.54) is 6.92 Å². The standard InChI is InChI=1S/C24H35N3O6/c1-5-32-19-13-11-17(12-14-19)22(29)26-20(15(2)3)23(30)33-16(4)21(28)27-24(31)25-18-9-7-6-8-10-18/h11-16,18,20H,5-10H2,1-4H3,(H,26,29)(H2,25,27,28,31)/t16?,20-/m0/s1. The Labute approximate surface area is 195 Å². The highest BCUT2D eigenvalue weighted by Gasteiger charge is 2.30. The van der Waals surface area contributed by atoms with Crippen LogP contribution in [0, 0.1) is 5.92 Å². The minimum atomic E-state index is -1.20. The van der Waals surface area contributed by atoms with Crippen LogP contribution in [-0.2, 0) is 14.3 Å². The van der Waals surface area contributed by atoms with Crippen LogP contribution in [0.25, 0.3) is 0 Å². The Morgan fingerprint density at radius 3 is 2.21 bits per heavy atom. The van der Waals surface area contributed by atoms with Crippen LogP contribution in [0.15, 0.2) is 24.3 Å². The average molecular weight is 462 g/mol. The van der Waals surface area contributed by atoms with Crippen molar-refractivity contribution in [3.63, 3.8) is 0 Å². The number of rotatable bonds is 9. The SMILES string of the molecule is CCOc1ccc(C(=O)N[C@H](C(=O)OC(C)C(=O)NC(=O)NC2CCCCC2)C(C)C)cc1. The highest BCUT2D eigenvalue weighted by molar-refractivity contribution is 5.99. The Kier molecular flexibility index (Phi) is 10.2. The zero-order valence-corrected chi connectivity index (χ0v) is 19.8. The van der Waals surface area contributed by atoms with Gasteiger partial charge in [0.05, 0.1) is 6.61 Å². The van der Waals surface area contributed by atoms with Gasteiger partial charge in [-0.05, 0) is 56.9 Å². The van der Waals surface area contributed by atoms with Gasteiger partial charge < -0.3 is 20.1 Å². The first-order valence-corrected chi connectivity index (χ1v) is 11.6. The van der Waals surface area contributed by atoms with Crippen LogP contribution in [0.3, 0.4) is 0 Å². The predicted molar refractivity (Wildman–Crippen MR) is 123 cm³/mol. The molecule has 182 valence electrons. The molecule has 0 saturated heterocycles. The molecule has 1 aromatic rings. The van der Waals surface area contributed by atoms with Crippen molar-refractivity contribution in [2.24, 2.45) is 5.92 Å². The number of urea groups is 1. The van der Waals surface area contributed by atoms with Crippen LogP contribution in [-0.4, -0.2) is 48.6 Å². The molecule has 2 rings (SSSR count). The van der Waals surface area contributed by atoms with Gasteiger partial charge in [0, 0.05) is 11.6 Å². The molecule has 4 amide bonds. The third-order valence-electron chi connectivity index (χ3n) is 5.47. The zero-order chi connectivity index (χ0) is 24.4. The lowest BCUT2D eigenvalue weighted by Crippen LogP contribution is -2.50. The summed E-state index contributed by atoms with van der Waals surface area (Å²) in [6.45, 7) is 7.27. The van der Waals surface area contributed by atoms with Crippen molar-refractivity contribution in [3.8, 4) is 5.75 Å².